The molecule has 37 heavy (non-hydrogen) atoms. The van der Waals surface area contributed by atoms with Crippen molar-refractivity contribution in [2.24, 2.45) is 11.7 Å². The van der Waals surface area contributed by atoms with Crippen molar-refractivity contribution in [3.05, 3.63) is 74.5 Å². The molecule has 0 radical (unpaired) electrons. The summed E-state index contributed by atoms with van der Waals surface area (Å²) < 4.78 is 0. The summed E-state index contributed by atoms with van der Waals surface area (Å²) in [5.74, 6) is -1.11. The van der Waals surface area contributed by atoms with E-state index in [1.165, 1.54) is 11.0 Å². The Bertz CT molecular complexity index is 1440. The summed E-state index contributed by atoms with van der Waals surface area (Å²) in [6, 6.07) is 8.63. The smallest absolute Gasteiger partial charge is 0.285 e. The maximum Gasteiger partial charge on any atom is 0.285 e. The number of fused-ring (bicyclic) bond motifs is 1. The van der Waals surface area contributed by atoms with Crippen LogP contribution in [0.25, 0.3) is 10.9 Å². The van der Waals surface area contributed by atoms with Crippen molar-refractivity contribution in [3.63, 3.8) is 0 Å². The maximum atomic E-state index is 13.7. The molecule has 1 atom stereocenters. The molecule has 5 rings (SSSR count). The van der Waals surface area contributed by atoms with E-state index < -0.39 is 16.7 Å². The van der Waals surface area contributed by atoms with E-state index in [0.717, 1.165) is 29.3 Å². The van der Waals surface area contributed by atoms with Gasteiger partial charge in [-0.15, -0.1) is 0 Å². The second-order valence-corrected chi connectivity index (χ2v) is 9.99. The first-order valence-electron chi connectivity index (χ1n) is 12.4. The van der Waals surface area contributed by atoms with Crippen molar-refractivity contribution in [1.82, 2.24) is 14.8 Å². The second-order valence-electron chi connectivity index (χ2n) is 9.99. The van der Waals surface area contributed by atoms with E-state index >= 15 is 0 Å². The van der Waals surface area contributed by atoms with Crippen molar-refractivity contribution in [2.75, 3.05) is 19.6 Å². The zero-order valence-corrected chi connectivity index (χ0v) is 20.8. The molecule has 0 spiro atoms. The fourth-order valence-electron chi connectivity index (χ4n) is 5.34. The average Bonchev–Trinajstić information content (AvgIpc) is 3.65. The van der Waals surface area contributed by atoms with Gasteiger partial charge in [-0.2, -0.15) is 0 Å². The molecule has 192 valence electrons. The fraction of sp³-hybridized carbons (Fsp3) is 0.370. The minimum Gasteiger partial charge on any atom is -0.366 e. The number of nitrogens with one attached hydrogen (secondary N) is 1. The number of nitrogens with zero attached hydrogens (tertiary/aromatic N) is 3. The van der Waals surface area contributed by atoms with Crippen LogP contribution in [-0.4, -0.2) is 63.1 Å². The number of rotatable bonds is 6. The standard InChI is InChI=1S/C27H29N5O5/c1-15-14-30(9-10-31(15)26(34)17-7-8-17)27(35)22-12-21(25(28)33)16(2)20(24(22)32(36)37)11-18-13-29-23-6-4-3-5-19(18)23/h3-6,12-13,15,17,29H,7-11,14H2,1-2H3,(H2,28,33). The number of carbonyl (C=O) groups excluding carboxylic acids is 3. The van der Waals surface area contributed by atoms with E-state index in [-0.39, 0.29) is 59.8 Å². The molecule has 3 amide bonds. The highest BCUT2D eigenvalue weighted by molar-refractivity contribution is 6.04. The highest BCUT2D eigenvalue weighted by Gasteiger charge is 2.39. The lowest BCUT2D eigenvalue weighted by molar-refractivity contribution is -0.385. The van der Waals surface area contributed by atoms with Crippen molar-refractivity contribution in [2.45, 2.75) is 39.2 Å². The first-order valence-corrected chi connectivity index (χ1v) is 12.4. The highest BCUT2D eigenvalue weighted by atomic mass is 16.6. The number of H-pyrrole nitrogens is 1. The zero-order chi connectivity index (χ0) is 26.4. The lowest BCUT2D eigenvalue weighted by Gasteiger charge is -2.40. The van der Waals surface area contributed by atoms with Gasteiger partial charge in [-0.1, -0.05) is 18.2 Å². The quantitative estimate of drug-likeness (QED) is 0.392. The second kappa shape index (κ2) is 9.34. The van der Waals surface area contributed by atoms with Gasteiger partial charge in [-0.05, 0) is 49.9 Å². The summed E-state index contributed by atoms with van der Waals surface area (Å²) in [6.07, 6.45) is 3.72. The molecule has 2 aliphatic rings. The molecule has 3 N–H and O–H groups in total. The van der Waals surface area contributed by atoms with Crippen molar-refractivity contribution < 1.29 is 19.3 Å². The van der Waals surface area contributed by atoms with Crippen LogP contribution in [0.15, 0.2) is 36.5 Å². The number of benzene rings is 2. The predicted octanol–water partition coefficient (Wildman–Crippen LogP) is 3.16. The van der Waals surface area contributed by atoms with Crippen LogP contribution in [0.2, 0.25) is 0 Å². The van der Waals surface area contributed by atoms with Crippen LogP contribution in [0.4, 0.5) is 5.69 Å². The minimum atomic E-state index is -0.755. The molecule has 2 heterocycles. The van der Waals surface area contributed by atoms with Gasteiger partial charge in [0.05, 0.1) is 4.92 Å². The Morgan fingerprint density at radius 2 is 1.89 bits per heavy atom. The van der Waals surface area contributed by atoms with E-state index in [1.807, 2.05) is 31.2 Å². The number of aromatic nitrogens is 1. The van der Waals surface area contributed by atoms with Gasteiger partial charge < -0.3 is 20.5 Å². The molecule has 1 saturated heterocycles. The number of primary amides is 1. The highest BCUT2D eigenvalue weighted by Crippen LogP contribution is 2.35. The summed E-state index contributed by atoms with van der Waals surface area (Å²) in [4.78, 5) is 57.0. The van der Waals surface area contributed by atoms with Gasteiger partial charge in [0, 0.05) is 66.2 Å². The minimum absolute atomic E-state index is 0.0769. The number of nitrogens with two attached hydrogens (primary N) is 1. The molecule has 2 aromatic carbocycles. The Labute approximate surface area is 213 Å². The number of amides is 3. The van der Waals surface area contributed by atoms with Crippen molar-refractivity contribution >= 4 is 34.3 Å². The molecular weight excluding hydrogens is 474 g/mol. The van der Waals surface area contributed by atoms with E-state index in [2.05, 4.69) is 4.98 Å². The van der Waals surface area contributed by atoms with Gasteiger partial charge in [0.15, 0.2) is 0 Å². The molecule has 1 saturated carbocycles. The molecular formula is C27H29N5O5. The number of nitro groups is 1. The van der Waals surface area contributed by atoms with Gasteiger partial charge in [-0.3, -0.25) is 24.5 Å². The molecule has 10 heteroatoms. The van der Waals surface area contributed by atoms with E-state index in [0.29, 0.717) is 12.1 Å². The first-order chi connectivity index (χ1) is 17.7. The SMILES string of the molecule is Cc1c(C(N)=O)cc(C(=O)N2CCN(C(=O)C3CC3)C(C)C2)c([N+](=O)[O-])c1Cc1c[nH]c2ccccc12. The molecule has 3 aromatic rings. The number of carbonyl (C=O) groups is 3. The molecule has 2 fully saturated rings. The van der Waals surface area contributed by atoms with Crippen LogP contribution in [0.5, 0.6) is 0 Å². The fourth-order valence-corrected chi connectivity index (χ4v) is 5.34. The number of hydrogen-bond acceptors (Lipinski definition) is 5. The molecule has 1 aliphatic carbocycles. The van der Waals surface area contributed by atoms with Crippen LogP contribution in [0.3, 0.4) is 0 Å². The van der Waals surface area contributed by atoms with Crippen LogP contribution in [-0.2, 0) is 11.2 Å². The van der Waals surface area contributed by atoms with Gasteiger partial charge in [0.25, 0.3) is 11.6 Å². The Morgan fingerprint density at radius 1 is 1.16 bits per heavy atom. The van der Waals surface area contributed by atoms with Crippen molar-refractivity contribution in [3.8, 4) is 0 Å². The molecule has 10 nitrogen and oxygen atoms in total. The Balaban J connectivity index is 1.54. The number of nitro benzene ring substituents is 1. The zero-order valence-electron chi connectivity index (χ0n) is 20.8. The van der Waals surface area contributed by atoms with Gasteiger partial charge in [-0.25, -0.2) is 0 Å². The Morgan fingerprint density at radius 3 is 2.54 bits per heavy atom. The van der Waals surface area contributed by atoms with E-state index in [4.69, 9.17) is 5.73 Å². The third kappa shape index (κ3) is 4.43. The van der Waals surface area contributed by atoms with Crippen LogP contribution in [0.1, 0.15) is 57.2 Å². The predicted molar refractivity (Wildman–Crippen MR) is 137 cm³/mol. The van der Waals surface area contributed by atoms with Crippen LogP contribution >= 0.6 is 0 Å². The molecule has 1 aromatic heterocycles. The van der Waals surface area contributed by atoms with Gasteiger partial charge in [0.2, 0.25) is 11.8 Å². The normalized spacial score (nSPS) is 17.7. The topological polar surface area (TPSA) is 143 Å². The number of hydrogen-bond donors (Lipinski definition) is 2. The third-order valence-corrected chi connectivity index (χ3v) is 7.53. The average molecular weight is 504 g/mol. The molecule has 0 bridgehead atoms. The summed E-state index contributed by atoms with van der Waals surface area (Å²) >= 11 is 0. The van der Waals surface area contributed by atoms with E-state index in [9.17, 15) is 24.5 Å². The van der Waals surface area contributed by atoms with Crippen molar-refractivity contribution in [1.29, 1.82) is 0 Å². The summed E-state index contributed by atoms with van der Waals surface area (Å²) in [5, 5.41) is 13.3. The van der Waals surface area contributed by atoms with Gasteiger partial charge in [0.1, 0.15) is 5.56 Å². The first kappa shape index (κ1) is 24.5. The van der Waals surface area contributed by atoms with E-state index in [1.54, 1.807) is 18.0 Å². The number of para-hydroxylation sites is 1. The lowest BCUT2D eigenvalue weighted by Crippen LogP contribution is -2.55. The van der Waals surface area contributed by atoms with Gasteiger partial charge >= 0.3 is 0 Å². The lowest BCUT2D eigenvalue weighted by atomic mass is 9.90. The Kier molecular flexibility index (Phi) is 6.18. The largest absolute Gasteiger partial charge is 0.366 e. The van der Waals surface area contributed by atoms with Crippen LogP contribution < -0.4 is 5.73 Å². The summed E-state index contributed by atoms with van der Waals surface area (Å²) in [7, 11) is 0. The van der Waals surface area contributed by atoms with Crippen LogP contribution in [0, 0.1) is 23.0 Å². The monoisotopic (exact) mass is 503 g/mol. The third-order valence-electron chi connectivity index (χ3n) is 7.53. The number of piperazine rings is 1. The maximum absolute atomic E-state index is 13.7. The summed E-state index contributed by atoms with van der Waals surface area (Å²) in [6.45, 7) is 4.38. The molecule has 1 unspecified atom stereocenters. The number of aromatic amines is 1. The summed E-state index contributed by atoms with van der Waals surface area (Å²) in [5.41, 5.74) is 7.61. The molecule has 1 aliphatic heterocycles. The Hall–Kier alpha value is -4.21.